The van der Waals surface area contributed by atoms with Gasteiger partial charge in [-0.3, -0.25) is 0 Å². The van der Waals surface area contributed by atoms with Crippen LogP contribution in [0, 0.1) is 26.2 Å². The minimum Gasteiger partial charge on any atom is -0.198 e. The van der Waals surface area contributed by atoms with Gasteiger partial charge in [-0.05, 0) is 53.6 Å². The Morgan fingerprint density at radius 1 is 1.27 bits per heavy atom. The molecule has 0 saturated heterocycles. The van der Waals surface area contributed by atoms with E-state index in [9.17, 15) is 5.26 Å². The second-order valence-corrected chi connectivity index (χ2v) is 4.85. The van der Waals surface area contributed by atoms with Gasteiger partial charge in [0.2, 0.25) is 0 Å². The molecule has 1 atom stereocenters. The molecule has 3 heteroatoms. The molecule has 0 N–H and O–H groups in total. The SMILES string of the molecule is CC(C#N)(CCC#N)c1ccc(I)cc1. The normalized spacial score (nSPS) is 13.6. The minimum atomic E-state index is -0.542. The molecule has 0 fully saturated rings. The molecule has 2 nitrogen and oxygen atoms in total. The van der Waals surface area contributed by atoms with E-state index in [-0.39, 0.29) is 0 Å². The van der Waals surface area contributed by atoms with Crippen LogP contribution in [0.1, 0.15) is 25.3 Å². The molecule has 1 aromatic rings. The first kappa shape index (κ1) is 12.0. The van der Waals surface area contributed by atoms with Crippen LogP contribution in [0.3, 0.4) is 0 Å². The number of hydrogen-bond donors (Lipinski definition) is 0. The second-order valence-electron chi connectivity index (χ2n) is 3.61. The molecule has 0 amide bonds. The third-order valence-corrected chi connectivity index (χ3v) is 3.18. The maximum atomic E-state index is 9.17. The number of nitriles is 2. The van der Waals surface area contributed by atoms with Crippen LogP contribution in [0.25, 0.3) is 0 Å². The van der Waals surface area contributed by atoms with Gasteiger partial charge >= 0.3 is 0 Å². The summed E-state index contributed by atoms with van der Waals surface area (Å²) < 4.78 is 1.15. The number of rotatable bonds is 3. The summed E-state index contributed by atoms with van der Waals surface area (Å²) in [6, 6.07) is 12.3. The summed E-state index contributed by atoms with van der Waals surface area (Å²) in [5.74, 6) is 0. The van der Waals surface area contributed by atoms with Crippen LogP contribution < -0.4 is 0 Å². The molecule has 76 valence electrons. The van der Waals surface area contributed by atoms with Crippen LogP contribution in [0.15, 0.2) is 24.3 Å². The molecule has 0 aromatic heterocycles. The van der Waals surface area contributed by atoms with Crippen LogP contribution in [0.4, 0.5) is 0 Å². The summed E-state index contributed by atoms with van der Waals surface area (Å²) in [5.41, 5.74) is 0.445. The van der Waals surface area contributed by atoms with Crippen molar-refractivity contribution in [3.63, 3.8) is 0 Å². The quantitative estimate of drug-likeness (QED) is 0.804. The molecule has 0 spiro atoms. The van der Waals surface area contributed by atoms with Gasteiger partial charge in [-0.15, -0.1) is 0 Å². The lowest BCUT2D eigenvalue weighted by molar-refractivity contribution is 0.562. The maximum absolute atomic E-state index is 9.17. The van der Waals surface area contributed by atoms with Crippen LogP contribution in [0.5, 0.6) is 0 Å². The highest BCUT2D eigenvalue weighted by molar-refractivity contribution is 14.1. The summed E-state index contributed by atoms with van der Waals surface area (Å²) in [6.07, 6.45) is 0.997. The summed E-state index contributed by atoms with van der Waals surface area (Å²) in [6.45, 7) is 1.88. The average Bonchev–Trinajstić information content (AvgIpc) is 2.27. The fourth-order valence-corrected chi connectivity index (χ4v) is 1.75. The Morgan fingerprint density at radius 2 is 1.87 bits per heavy atom. The first-order valence-electron chi connectivity index (χ1n) is 4.66. The lowest BCUT2D eigenvalue weighted by atomic mass is 9.80. The fourth-order valence-electron chi connectivity index (χ4n) is 1.39. The molecule has 15 heavy (non-hydrogen) atoms. The van der Waals surface area contributed by atoms with Crippen molar-refractivity contribution in [3.05, 3.63) is 33.4 Å². The Hall–Kier alpha value is -1.07. The summed E-state index contributed by atoms with van der Waals surface area (Å²) >= 11 is 2.23. The number of halogens is 1. The van der Waals surface area contributed by atoms with Gasteiger partial charge < -0.3 is 0 Å². The molecule has 1 aromatic carbocycles. The highest BCUT2D eigenvalue weighted by atomic mass is 127. The Morgan fingerprint density at radius 3 is 2.33 bits per heavy atom. The molecule has 0 aliphatic rings. The van der Waals surface area contributed by atoms with Gasteiger partial charge in [-0.25, -0.2) is 0 Å². The highest BCUT2D eigenvalue weighted by Crippen LogP contribution is 2.28. The van der Waals surface area contributed by atoms with Gasteiger partial charge in [0.15, 0.2) is 0 Å². The largest absolute Gasteiger partial charge is 0.198 e. The Labute approximate surface area is 104 Å². The van der Waals surface area contributed by atoms with E-state index in [2.05, 4.69) is 34.7 Å². The van der Waals surface area contributed by atoms with Gasteiger partial charge in [0, 0.05) is 9.99 Å². The Balaban J connectivity index is 2.97. The summed E-state index contributed by atoms with van der Waals surface area (Å²) in [7, 11) is 0. The molecule has 1 unspecified atom stereocenters. The average molecular weight is 310 g/mol. The van der Waals surface area contributed by atoms with E-state index in [0.717, 1.165) is 9.13 Å². The van der Waals surface area contributed by atoms with Crippen molar-refractivity contribution in [1.82, 2.24) is 0 Å². The summed E-state index contributed by atoms with van der Waals surface area (Å²) in [4.78, 5) is 0. The number of benzene rings is 1. The van der Waals surface area contributed by atoms with E-state index in [1.54, 1.807) is 0 Å². The molecular formula is C12H11IN2. The minimum absolute atomic E-state index is 0.413. The molecule has 0 aliphatic heterocycles. The smallest absolute Gasteiger partial charge is 0.0804 e. The van der Waals surface area contributed by atoms with Crippen LogP contribution in [0.2, 0.25) is 0 Å². The van der Waals surface area contributed by atoms with E-state index in [4.69, 9.17) is 5.26 Å². The molecule has 0 bridgehead atoms. The molecular weight excluding hydrogens is 299 g/mol. The third-order valence-electron chi connectivity index (χ3n) is 2.46. The van der Waals surface area contributed by atoms with E-state index < -0.39 is 5.41 Å². The van der Waals surface area contributed by atoms with Crippen LogP contribution in [-0.2, 0) is 5.41 Å². The van der Waals surface area contributed by atoms with E-state index in [1.165, 1.54) is 0 Å². The molecule has 0 heterocycles. The summed E-state index contributed by atoms with van der Waals surface area (Å²) in [5, 5.41) is 17.7. The topological polar surface area (TPSA) is 47.6 Å². The lowest BCUT2D eigenvalue weighted by Gasteiger charge is -2.20. The molecule has 0 saturated carbocycles. The highest BCUT2D eigenvalue weighted by Gasteiger charge is 2.25. The predicted molar refractivity (Wildman–Crippen MR) is 67.0 cm³/mol. The van der Waals surface area contributed by atoms with Gasteiger partial charge in [0.1, 0.15) is 0 Å². The van der Waals surface area contributed by atoms with E-state index in [0.29, 0.717) is 12.8 Å². The lowest BCUT2D eigenvalue weighted by Crippen LogP contribution is -2.19. The van der Waals surface area contributed by atoms with Gasteiger partial charge in [0.25, 0.3) is 0 Å². The Kier molecular flexibility index (Phi) is 4.11. The van der Waals surface area contributed by atoms with Crippen LogP contribution in [-0.4, -0.2) is 0 Å². The van der Waals surface area contributed by atoms with Crippen molar-refractivity contribution in [3.8, 4) is 12.1 Å². The van der Waals surface area contributed by atoms with Gasteiger partial charge in [-0.1, -0.05) is 12.1 Å². The van der Waals surface area contributed by atoms with Crippen molar-refractivity contribution in [2.45, 2.75) is 25.2 Å². The van der Waals surface area contributed by atoms with Gasteiger partial charge in [0.05, 0.1) is 17.6 Å². The van der Waals surface area contributed by atoms with E-state index >= 15 is 0 Å². The molecule has 0 aliphatic carbocycles. The number of nitrogens with zero attached hydrogens (tertiary/aromatic N) is 2. The van der Waals surface area contributed by atoms with Crippen molar-refractivity contribution >= 4 is 22.6 Å². The van der Waals surface area contributed by atoms with Crippen molar-refractivity contribution < 1.29 is 0 Å². The zero-order valence-corrected chi connectivity index (χ0v) is 10.7. The van der Waals surface area contributed by atoms with E-state index in [1.807, 2.05) is 31.2 Å². The van der Waals surface area contributed by atoms with Crippen LogP contribution >= 0.6 is 22.6 Å². The predicted octanol–water partition coefficient (Wildman–Crippen LogP) is 3.38. The zero-order valence-electron chi connectivity index (χ0n) is 8.50. The fraction of sp³-hybridized carbons (Fsp3) is 0.333. The zero-order chi connectivity index (χ0) is 11.3. The molecule has 1 rings (SSSR count). The van der Waals surface area contributed by atoms with Crippen molar-refractivity contribution in [1.29, 1.82) is 10.5 Å². The standard InChI is InChI=1S/C12H11IN2/c1-12(9-15,7-2-8-14)10-3-5-11(13)6-4-10/h3-6H,2,7H2,1H3. The van der Waals surface area contributed by atoms with Gasteiger partial charge in [-0.2, -0.15) is 10.5 Å². The monoisotopic (exact) mass is 310 g/mol. The molecule has 0 radical (unpaired) electrons. The Bertz CT molecular complexity index is 411. The maximum Gasteiger partial charge on any atom is 0.0804 e. The third kappa shape index (κ3) is 2.94. The second kappa shape index (κ2) is 5.14. The van der Waals surface area contributed by atoms with Crippen molar-refractivity contribution in [2.24, 2.45) is 0 Å². The number of hydrogen-bond acceptors (Lipinski definition) is 2. The first-order chi connectivity index (χ1) is 7.12. The first-order valence-corrected chi connectivity index (χ1v) is 5.74. The van der Waals surface area contributed by atoms with Crippen molar-refractivity contribution in [2.75, 3.05) is 0 Å².